The number of pyridine rings is 1. The molecule has 0 fully saturated rings. The minimum Gasteiger partial charge on any atom is -0.364 e. The SMILES string of the molecule is Cn1cc(CCc2ccccc2)c2cc(-c3cnoc3)[nH]c2c1=O. The normalized spacial score (nSPS) is 11.2. The van der Waals surface area contributed by atoms with Gasteiger partial charge in [-0.1, -0.05) is 35.5 Å². The lowest BCUT2D eigenvalue weighted by Crippen LogP contribution is -2.17. The van der Waals surface area contributed by atoms with Crippen molar-refractivity contribution in [1.29, 1.82) is 0 Å². The summed E-state index contributed by atoms with van der Waals surface area (Å²) in [5.41, 5.74) is 4.71. The Hall–Kier alpha value is -3.08. The Labute approximate surface area is 138 Å². The lowest BCUT2D eigenvalue weighted by atomic mass is 10.0. The number of aromatic nitrogens is 3. The molecule has 120 valence electrons. The summed E-state index contributed by atoms with van der Waals surface area (Å²) in [4.78, 5) is 15.6. The van der Waals surface area contributed by atoms with Crippen molar-refractivity contribution in [2.45, 2.75) is 12.8 Å². The van der Waals surface area contributed by atoms with E-state index in [1.807, 2.05) is 30.5 Å². The van der Waals surface area contributed by atoms with Gasteiger partial charge in [0.2, 0.25) is 0 Å². The number of hydrogen-bond donors (Lipinski definition) is 1. The van der Waals surface area contributed by atoms with Gasteiger partial charge < -0.3 is 14.1 Å². The molecule has 1 N–H and O–H groups in total. The van der Waals surface area contributed by atoms with Crippen LogP contribution in [0.2, 0.25) is 0 Å². The van der Waals surface area contributed by atoms with Crippen LogP contribution in [0.3, 0.4) is 0 Å². The van der Waals surface area contributed by atoms with Gasteiger partial charge in [0.1, 0.15) is 11.8 Å². The van der Waals surface area contributed by atoms with Gasteiger partial charge in [-0.2, -0.15) is 0 Å². The lowest BCUT2D eigenvalue weighted by Gasteiger charge is -2.06. The summed E-state index contributed by atoms with van der Waals surface area (Å²) >= 11 is 0. The van der Waals surface area contributed by atoms with E-state index in [-0.39, 0.29) is 5.56 Å². The van der Waals surface area contributed by atoms with Crippen molar-refractivity contribution < 1.29 is 4.52 Å². The van der Waals surface area contributed by atoms with Crippen LogP contribution in [0.1, 0.15) is 11.1 Å². The first-order valence-electron chi connectivity index (χ1n) is 7.87. The molecular weight excluding hydrogens is 302 g/mol. The van der Waals surface area contributed by atoms with Gasteiger partial charge in [0.25, 0.3) is 5.56 Å². The minimum atomic E-state index is -0.0313. The molecular formula is C19H17N3O2. The second-order valence-corrected chi connectivity index (χ2v) is 5.94. The Morgan fingerprint density at radius 3 is 2.79 bits per heavy atom. The van der Waals surface area contributed by atoms with Gasteiger partial charge in [-0.15, -0.1) is 0 Å². The van der Waals surface area contributed by atoms with Crippen LogP contribution in [0.25, 0.3) is 22.2 Å². The fourth-order valence-electron chi connectivity index (χ4n) is 3.03. The molecule has 0 atom stereocenters. The first-order valence-corrected chi connectivity index (χ1v) is 7.87. The molecule has 0 aliphatic rings. The lowest BCUT2D eigenvalue weighted by molar-refractivity contribution is 0.420. The molecule has 5 nitrogen and oxygen atoms in total. The molecule has 0 aliphatic carbocycles. The largest absolute Gasteiger partial charge is 0.364 e. The number of benzene rings is 1. The van der Waals surface area contributed by atoms with E-state index < -0.39 is 0 Å². The zero-order valence-electron chi connectivity index (χ0n) is 13.3. The van der Waals surface area contributed by atoms with E-state index in [2.05, 4.69) is 22.3 Å². The number of hydrogen-bond acceptors (Lipinski definition) is 3. The first-order chi connectivity index (χ1) is 11.7. The molecule has 3 heterocycles. The van der Waals surface area contributed by atoms with Crippen LogP contribution in [-0.2, 0) is 19.9 Å². The average Bonchev–Trinajstić information content (AvgIpc) is 3.27. The highest BCUT2D eigenvalue weighted by atomic mass is 16.5. The molecule has 0 bridgehead atoms. The van der Waals surface area contributed by atoms with Gasteiger partial charge in [-0.05, 0) is 30.0 Å². The van der Waals surface area contributed by atoms with Crippen LogP contribution in [0, 0.1) is 0 Å². The van der Waals surface area contributed by atoms with Gasteiger partial charge >= 0.3 is 0 Å². The third-order valence-electron chi connectivity index (χ3n) is 4.32. The Morgan fingerprint density at radius 2 is 2.04 bits per heavy atom. The fraction of sp³-hybridized carbons (Fsp3) is 0.158. The van der Waals surface area contributed by atoms with E-state index in [4.69, 9.17) is 4.52 Å². The molecule has 0 amide bonds. The third kappa shape index (κ3) is 2.54. The number of H-pyrrole nitrogens is 1. The summed E-state index contributed by atoms with van der Waals surface area (Å²) in [7, 11) is 1.79. The van der Waals surface area contributed by atoms with Crippen molar-refractivity contribution in [3.8, 4) is 11.3 Å². The summed E-state index contributed by atoms with van der Waals surface area (Å²) in [6.07, 6.45) is 6.94. The van der Waals surface area contributed by atoms with E-state index in [1.165, 1.54) is 5.56 Å². The van der Waals surface area contributed by atoms with Crippen LogP contribution in [0.5, 0.6) is 0 Å². The van der Waals surface area contributed by atoms with Gasteiger partial charge in [0, 0.05) is 18.6 Å². The zero-order valence-corrected chi connectivity index (χ0v) is 13.3. The molecule has 0 radical (unpaired) electrons. The number of nitrogens with zero attached hydrogens (tertiary/aromatic N) is 2. The van der Waals surface area contributed by atoms with Crippen molar-refractivity contribution >= 4 is 10.9 Å². The van der Waals surface area contributed by atoms with E-state index in [0.29, 0.717) is 5.52 Å². The van der Waals surface area contributed by atoms with E-state index in [0.717, 1.165) is 35.0 Å². The highest BCUT2D eigenvalue weighted by molar-refractivity contribution is 5.87. The standard InChI is InChI=1S/C19H17N3O2/c1-22-11-14(8-7-13-5-3-2-4-6-13)16-9-17(15-10-20-24-12-15)21-18(16)19(22)23/h2-6,9-12,21H,7-8H2,1H3. The molecule has 5 heteroatoms. The summed E-state index contributed by atoms with van der Waals surface area (Å²) in [6.45, 7) is 0. The fourth-order valence-corrected chi connectivity index (χ4v) is 3.03. The summed E-state index contributed by atoms with van der Waals surface area (Å²) in [5, 5.41) is 4.69. The summed E-state index contributed by atoms with van der Waals surface area (Å²) < 4.78 is 6.54. The molecule has 0 unspecified atom stereocenters. The van der Waals surface area contributed by atoms with Crippen LogP contribution in [-0.4, -0.2) is 14.7 Å². The van der Waals surface area contributed by atoms with Crippen molar-refractivity contribution in [2.24, 2.45) is 7.05 Å². The molecule has 0 saturated heterocycles. The van der Waals surface area contributed by atoms with Crippen LogP contribution < -0.4 is 5.56 Å². The zero-order chi connectivity index (χ0) is 16.5. The second-order valence-electron chi connectivity index (χ2n) is 5.94. The van der Waals surface area contributed by atoms with E-state index >= 15 is 0 Å². The maximum absolute atomic E-state index is 12.4. The molecule has 3 aromatic heterocycles. The molecule has 0 aliphatic heterocycles. The van der Waals surface area contributed by atoms with Gasteiger partial charge in [-0.3, -0.25) is 4.79 Å². The van der Waals surface area contributed by atoms with E-state index in [9.17, 15) is 4.79 Å². The predicted molar refractivity (Wildman–Crippen MR) is 92.9 cm³/mol. The highest BCUT2D eigenvalue weighted by Gasteiger charge is 2.13. The summed E-state index contributed by atoms with van der Waals surface area (Å²) in [5.74, 6) is 0. The topological polar surface area (TPSA) is 63.8 Å². The van der Waals surface area contributed by atoms with Crippen LogP contribution >= 0.6 is 0 Å². The molecule has 1 aromatic carbocycles. The number of aromatic amines is 1. The van der Waals surface area contributed by atoms with Crippen LogP contribution in [0.15, 0.2) is 64.4 Å². The smallest absolute Gasteiger partial charge is 0.274 e. The average molecular weight is 319 g/mol. The molecule has 4 aromatic rings. The molecule has 0 spiro atoms. The number of aryl methyl sites for hydroxylation is 3. The van der Waals surface area contributed by atoms with Crippen molar-refractivity contribution in [3.63, 3.8) is 0 Å². The second kappa shape index (κ2) is 5.85. The van der Waals surface area contributed by atoms with Gasteiger partial charge in [0.05, 0.1) is 17.5 Å². The Kier molecular flexibility index (Phi) is 3.54. The number of fused-ring (bicyclic) bond motifs is 1. The predicted octanol–water partition coefficient (Wildman–Crippen LogP) is 3.31. The molecule has 24 heavy (non-hydrogen) atoms. The maximum atomic E-state index is 12.4. The quantitative estimate of drug-likeness (QED) is 0.627. The Balaban J connectivity index is 1.77. The Bertz CT molecular complexity index is 1030. The molecule has 0 saturated carbocycles. The molecule has 4 rings (SSSR count). The minimum absolute atomic E-state index is 0.0313. The van der Waals surface area contributed by atoms with Gasteiger partial charge in [-0.25, -0.2) is 0 Å². The third-order valence-corrected chi connectivity index (χ3v) is 4.32. The number of nitrogens with one attached hydrogen (secondary N) is 1. The monoisotopic (exact) mass is 319 g/mol. The number of rotatable bonds is 4. The van der Waals surface area contributed by atoms with Crippen molar-refractivity contribution in [1.82, 2.24) is 14.7 Å². The first kappa shape index (κ1) is 14.5. The van der Waals surface area contributed by atoms with Crippen molar-refractivity contribution in [3.05, 3.63) is 76.5 Å². The summed E-state index contributed by atoms with van der Waals surface area (Å²) in [6, 6.07) is 12.4. The van der Waals surface area contributed by atoms with Gasteiger partial charge in [0.15, 0.2) is 0 Å². The maximum Gasteiger partial charge on any atom is 0.274 e. The van der Waals surface area contributed by atoms with Crippen LogP contribution in [0.4, 0.5) is 0 Å². The van der Waals surface area contributed by atoms with Crippen molar-refractivity contribution in [2.75, 3.05) is 0 Å². The van der Waals surface area contributed by atoms with E-state index in [1.54, 1.807) is 24.1 Å². The Morgan fingerprint density at radius 1 is 1.21 bits per heavy atom. The highest BCUT2D eigenvalue weighted by Crippen LogP contribution is 2.25.